The molecule has 1 aliphatic heterocycles. The summed E-state index contributed by atoms with van der Waals surface area (Å²) in [5.41, 5.74) is 7.01. The van der Waals surface area contributed by atoms with Crippen molar-refractivity contribution in [2.75, 3.05) is 29.5 Å². The van der Waals surface area contributed by atoms with Crippen LogP contribution in [-0.4, -0.2) is 49.0 Å². The fourth-order valence-electron chi connectivity index (χ4n) is 3.21. The van der Waals surface area contributed by atoms with Crippen LogP contribution in [0.4, 0.5) is 5.82 Å². The lowest BCUT2D eigenvalue weighted by Gasteiger charge is -2.33. The summed E-state index contributed by atoms with van der Waals surface area (Å²) in [6, 6.07) is 2.35. The van der Waals surface area contributed by atoms with E-state index in [-0.39, 0.29) is 36.3 Å². The van der Waals surface area contributed by atoms with Crippen LogP contribution in [0, 0.1) is 0 Å². The number of hydrogen-bond acceptors (Lipinski definition) is 6. The lowest BCUT2D eigenvalue weighted by Crippen LogP contribution is -2.41. The van der Waals surface area contributed by atoms with E-state index in [9.17, 15) is 8.42 Å². The fraction of sp³-hybridized carbons (Fsp3) is 0.733. The molecule has 1 saturated heterocycles. The van der Waals surface area contributed by atoms with Crippen molar-refractivity contribution in [1.29, 1.82) is 0 Å². The highest BCUT2D eigenvalue weighted by Gasteiger charge is 2.33. The minimum absolute atomic E-state index is 0. The molecule has 4 rings (SSSR count). The second-order valence-corrected chi connectivity index (χ2v) is 9.15. The van der Waals surface area contributed by atoms with Gasteiger partial charge < -0.3 is 10.6 Å². The lowest BCUT2D eigenvalue weighted by atomic mass is 9.78. The molecule has 24 heavy (non-hydrogen) atoms. The standard InChI is InChI=1S/C15H22N4O2S.2ClH/c16-12-7-11(8-12)13-9-14(18-15(17-13)10-1-2-10)19-3-5-22(20,21)6-4-19;;/h9-12H,1-8,16H2;2*1H. The molecule has 0 atom stereocenters. The summed E-state index contributed by atoms with van der Waals surface area (Å²) in [7, 11) is -2.87. The second kappa shape index (κ2) is 7.32. The molecule has 0 bridgehead atoms. The average Bonchev–Trinajstić information content (AvgIpc) is 3.28. The first-order valence-electron chi connectivity index (χ1n) is 8.10. The molecule has 3 fully saturated rings. The number of nitrogens with zero attached hydrogens (tertiary/aromatic N) is 3. The molecular formula is C15H24Cl2N4O2S. The van der Waals surface area contributed by atoms with Crippen LogP contribution in [0.5, 0.6) is 0 Å². The molecule has 2 N–H and O–H groups in total. The van der Waals surface area contributed by atoms with Gasteiger partial charge in [0.25, 0.3) is 0 Å². The van der Waals surface area contributed by atoms with Gasteiger partial charge in [-0.3, -0.25) is 0 Å². The molecule has 6 nitrogen and oxygen atoms in total. The maximum absolute atomic E-state index is 11.6. The molecule has 9 heteroatoms. The van der Waals surface area contributed by atoms with E-state index in [0.29, 0.717) is 31.0 Å². The minimum atomic E-state index is -2.87. The van der Waals surface area contributed by atoms with Crippen molar-refractivity contribution in [3.05, 3.63) is 17.6 Å². The quantitative estimate of drug-likeness (QED) is 0.837. The molecule has 0 aromatic carbocycles. The Bertz CT molecular complexity index is 677. The highest BCUT2D eigenvalue weighted by atomic mass is 35.5. The lowest BCUT2D eigenvalue weighted by molar-refractivity contribution is 0.344. The monoisotopic (exact) mass is 394 g/mol. The highest BCUT2D eigenvalue weighted by molar-refractivity contribution is 7.91. The zero-order valence-electron chi connectivity index (χ0n) is 13.4. The molecule has 0 unspecified atom stereocenters. The van der Waals surface area contributed by atoms with Crippen molar-refractivity contribution in [2.45, 2.75) is 43.6 Å². The summed E-state index contributed by atoms with van der Waals surface area (Å²) in [6.07, 6.45) is 4.33. The molecule has 136 valence electrons. The molecule has 2 aliphatic carbocycles. The SMILES string of the molecule is Cl.Cl.NC1CC(c2cc(N3CCS(=O)(=O)CC3)nc(C3CC3)n2)C1. The van der Waals surface area contributed by atoms with E-state index in [1.165, 1.54) is 12.8 Å². The summed E-state index contributed by atoms with van der Waals surface area (Å²) in [5.74, 6) is 3.24. The average molecular weight is 395 g/mol. The molecule has 1 aromatic heterocycles. The van der Waals surface area contributed by atoms with E-state index >= 15 is 0 Å². The van der Waals surface area contributed by atoms with Gasteiger partial charge in [-0.25, -0.2) is 18.4 Å². The highest BCUT2D eigenvalue weighted by Crippen LogP contribution is 2.41. The Morgan fingerprint density at radius 3 is 2.21 bits per heavy atom. The minimum Gasteiger partial charge on any atom is -0.354 e. The van der Waals surface area contributed by atoms with Crippen LogP contribution in [0.25, 0.3) is 0 Å². The third-order valence-corrected chi connectivity index (χ3v) is 6.56. The van der Waals surface area contributed by atoms with Crippen LogP contribution in [0.1, 0.15) is 49.0 Å². The van der Waals surface area contributed by atoms with E-state index in [0.717, 1.165) is 30.2 Å². The van der Waals surface area contributed by atoms with Gasteiger partial charge >= 0.3 is 0 Å². The predicted octanol–water partition coefficient (Wildman–Crippen LogP) is 1.64. The number of halogens is 2. The van der Waals surface area contributed by atoms with Gasteiger partial charge in [0.2, 0.25) is 0 Å². The van der Waals surface area contributed by atoms with E-state index in [1.807, 2.05) is 0 Å². The zero-order valence-corrected chi connectivity index (χ0v) is 15.9. The van der Waals surface area contributed by atoms with Gasteiger partial charge in [0, 0.05) is 42.7 Å². The maximum atomic E-state index is 11.6. The number of rotatable bonds is 3. The first kappa shape index (κ1) is 19.7. The van der Waals surface area contributed by atoms with E-state index in [2.05, 4.69) is 11.0 Å². The Kier molecular flexibility index (Phi) is 6.00. The van der Waals surface area contributed by atoms with E-state index < -0.39 is 9.84 Å². The molecule has 0 radical (unpaired) electrons. The molecule has 1 aromatic rings. The topological polar surface area (TPSA) is 89.2 Å². The zero-order chi connectivity index (χ0) is 15.3. The van der Waals surface area contributed by atoms with Crippen LogP contribution in [0.3, 0.4) is 0 Å². The van der Waals surface area contributed by atoms with E-state index in [4.69, 9.17) is 15.7 Å². The van der Waals surface area contributed by atoms with Crippen molar-refractivity contribution in [2.24, 2.45) is 5.73 Å². The van der Waals surface area contributed by atoms with Crippen molar-refractivity contribution in [3.8, 4) is 0 Å². The largest absolute Gasteiger partial charge is 0.354 e. The molecule has 0 spiro atoms. The molecular weight excluding hydrogens is 371 g/mol. The summed E-state index contributed by atoms with van der Waals surface area (Å²) in [4.78, 5) is 11.6. The van der Waals surface area contributed by atoms with Crippen molar-refractivity contribution in [3.63, 3.8) is 0 Å². The first-order valence-corrected chi connectivity index (χ1v) is 9.92. The molecule has 2 heterocycles. The number of nitrogens with two attached hydrogens (primary N) is 1. The third-order valence-electron chi connectivity index (χ3n) is 4.95. The van der Waals surface area contributed by atoms with Crippen LogP contribution in [-0.2, 0) is 9.84 Å². The Labute approximate surface area is 155 Å². The van der Waals surface area contributed by atoms with Gasteiger partial charge in [0.1, 0.15) is 11.6 Å². The van der Waals surface area contributed by atoms with Crippen molar-refractivity contribution >= 4 is 40.5 Å². The van der Waals surface area contributed by atoms with Crippen molar-refractivity contribution < 1.29 is 8.42 Å². The van der Waals surface area contributed by atoms with Crippen LogP contribution in [0.15, 0.2) is 6.07 Å². The molecule has 3 aliphatic rings. The Hall–Kier alpha value is -0.630. The molecule has 2 saturated carbocycles. The molecule has 0 amide bonds. The van der Waals surface area contributed by atoms with E-state index in [1.54, 1.807) is 0 Å². The van der Waals surface area contributed by atoms with Crippen molar-refractivity contribution in [1.82, 2.24) is 9.97 Å². The fourth-order valence-corrected chi connectivity index (χ4v) is 4.41. The summed E-state index contributed by atoms with van der Waals surface area (Å²) >= 11 is 0. The van der Waals surface area contributed by atoms with Gasteiger partial charge in [0.05, 0.1) is 11.5 Å². The van der Waals surface area contributed by atoms with Crippen LogP contribution in [0.2, 0.25) is 0 Å². The third kappa shape index (κ3) is 4.12. The number of sulfone groups is 1. The Morgan fingerprint density at radius 2 is 1.67 bits per heavy atom. The number of aromatic nitrogens is 2. The summed E-state index contributed by atoms with van der Waals surface area (Å²) in [5, 5.41) is 0. The van der Waals surface area contributed by atoms with Gasteiger partial charge in [0.15, 0.2) is 9.84 Å². The normalized spacial score (nSPS) is 28.3. The van der Waals surface area contributed by atoms with Gasteiger partial charge in [-0.05, 0) is 25.7 Å². The van der Waals surface area contributed by atoms with Crippen LogP contribution < -0.4 is 10.6 Å². The maximum Gasteiger partial charge on any atom is 0.153 e. The van der Waals surface area contributed by atoms with Gasteiger partial charge in [-0.1, -0.05) is 0 Å². The smallest absolute Gasteiger partial charge is 0.153 e. The number of hydrogen-bond donors (Lipinski definition) is 1. The summed E-state index contributed by atoms with van der Waals surface area (Å²) in [6.45, 7) is 1.07. The van der Waals surface area contributed by atoms with Gasteiger partial charge in [-0.15, -0.1) is 24.8 Å². The summed E-state index contributed by atoms with van der Waals surface area (Å²) < 4.78 is 23.2. The first-order chi connectivity index (χ1) is 10.5. The Balaban J connectivity index is 0.00000104. The Morgan fingerprint density at radius 1 is 1.04 bits per heavy atom. The van der Waals surface area contributed by atoms with Gasteiger partial charge in [-0.2, -0.15) is 0 Å². The number of anilines is 1. The van der Waals surface area contributed by atoms with Crippen LogP contribution >= 0.6 is 24.8 Å². The predicted molar refractivity (Wildman–Crippen MR) is 99.3 cm³/mol. The second-order valence-electron chi connectivity index (χ2n) is 6.85.